The van der Waals surface area contributed by atoms with E-state index >= 15 is 0 Å². The van der Waals surface area contributed by atoms with Crippen LogP contribution in [0.15, 0.2) is 132 Å². The Kier molecular flexibility index (Phi) is 11.2. The molecular formula is C36H32N2O4S5. The van der Waals surface area contributed by atoms with E-state index in [9.17, 15) is 9.59 Å². The van der Waals surface area contributed by atoms with E-state index < -0.39 is 12.1 Å². The van der Waals surface area contributed by atoms with E-state index in [4.69, 9.17) is 14.5 Å². The molecule has 6 nitrogen and oxygen atoms in total. The third kappa shape index (κ3) is 8.58. The number of hydrogen-bond donors (Lipinski definition) is 1. The predicted octanol–water partition coefficient (Wildman–Crippen LogP) is 9.93. The Morgan fingerprint density at radius 1 is 0.851 bits per heavy atom. The number of hydrogen-bond acceptors (Lipinski definition) is 10. The Balaban J connectivity index is 1.18. The van der Waals surface area contributed by atoms with Gasteiger partial charge in [-0.2, -0.15) is 0 Å². The summed E-state index contributed by atoms with van der Waals surface area (Å²) in [6.45, 7) is 5.93. The summed E-state index contributed by atoms with van der Waals surface area (Å²) >= 11 is 8.79. The van der Waals surface area contributed by atoms with Gasteiger partial charge in [0.15, 0.2) is 4.34 Å². The molecule has 1 aromatic heterocycles. The van der Waals surface area contributed by atoms with E-state index in [0.29, 0.717) is 11.5 Å². The number of ether oxygens (including phenoxy) is 2. The second-order valence-corrected chi connectivity index (χ2v) is 16.4. The van der Waals surface area contributed by atoms with Crippen LogP contribution in [0, 0.1) is 5.41 Å². The number of para-hydroxylation sites is 1. The van der Waals surface area contributed by atoms with Crippen molar-refractivity contribution in [3.8, 4) is 11.1 Å². The van der Waals surface area contributed by atoms with Crippen molar-refractivity contribution in [1.82, 2.24) is 10.3 Å². The van der Waals surface area contributed by atoms with Crippen LogP contribution in [0.5, 0.6) is 0 Å². The fourth-order valence-electron chi connectivity index (χ4n) is 4.76. The van der Waals surface area contributed by atoms with Crippen molar-refractivity contribution in [3.05, 3.63) is 104 Å². The van der Waals surface area contributed by atoms with Crippen LogP contribution in [0.25, 0.3) is 21.3 Å². The maximum absolute atomic E-state index is 12.6. The Morgan fingerprint density at radius 2 is 1.55 bits per heavy atom. The number of rotatable bonds is 13. The van der Waals surface area contributed by atoms with E-state index in [0.717, 1.165) is 20.6 Å². The lowest BCUT2D eigenvalue weighted by Crippen LogP contribution is -2.35. The van der Waals surface area contributed by atoms with Crippen LogP contribution in [-0.4, -0.2) is 48.3 Å². The van der Waals surface area contributed by atoms with E-state index in [1.54, 1.807) is 34.9 Å². The smallest absolute Gasteiger partial charge is 0.407 e. The molecule has 1 atom stereocenters. The molecule has 240 valence electrons. The van der Waals surface area contributed by atoms with Crippen LogP contribution < -0.4 is 5.32 Å². The highest BCUT2D eigenvalue weighted by atomic mass is 32.2. The second-order valence-electron chi connectivity index (χ2n) is 11.0. The number of benzene rings is 4. The average Bonchev–Trinajstić information content (AvgIpc) is 3.53. The van der Waals surface area contributed by atoms with Crippen LogP contribution in [0.4, 0.5) is 4.79 Å². The number of thioether (sulfide) groups is 2. The van der Waals surface area contributed by atoms with Crippen LogP contribution in [-0.2, 0) is 14.3 Å². The topological polar surface area (TPSA) is 77.5 Å². The lowest BCUT2D eigenvalue weighted by atomic mass is 9.98. The molecular weight excluding hydrogens is 685 g/mol. The number of aromatic nitrogens is 1. The molecule has 1 N–H and O–H groups in total. The lowest BCUT2D eigenvalue weighted by Gasteiger charge is -2.28. The average molecular weight is 717 g/mol. The summed E-state index contributed by atoms with van der Waals surface area (Å²) in [4.78, 5) is 35.0. The van der Waals surface area contributed by atoms with Crippen molar-refractivity contribution in [2.45, 2.75) is 35.7 Å². The standard InChI is InChI=1S/C36H32N2O4S5/c1-3-32(39)41-20-19-37-34(40)42-21-36(2,23-44-35-38-26-13-5-7-15-28(26)47-35)22-43-27-14-6-4-11-24(27)25-12-10-18-31-33(25)46-30-17-9-8-16-29(30)45-31/h3-18H,1,19-23H2,2H3,(H,37,40). The van der Waals surface area contributed by atoms with Crippen molar-refractivity contribution in [2.24, 2.45) is 5.41 Å². The number of carbonyl (C=O) groups excluding carboxylic acids is 2. The fraction of sp³-hybridized carbons (Fsp3) is 0.194. The first-order valence-electron chi connectivity index (χ1n) is 14.9. The molecule has 6 rings (SSSR count). The summed E-state index contributed by atoms with van der Waals surface area (Å²) in [5.41, 5.74) is 3.02. The van der Waals surface area contributed by atoms with Crippen LogP contribution in [0.1, 0.15) is 6.92 Å². The first-order chi connectivity index (χ1) is 22.9. The van der Waals surface area contributed by atoms with Gasteiger partial charge in [-0.1, -0.05) is 103 Å². The Morgan fingerprint density at radius 3 is 2.38 bits per heavy atom. The zero-order valence-corrected chi connectivity index (χ0v) is 29.7. The molecule has 0 saturated carbocycles. The normalized spacial score (nSPS) is 13.2. The van der Waals surface area contributed by atoms with Crippen molar-refractivity contribution in [3.63, 3.8) is 0 Å². The molecule has 0 fully saturated rings. The van der Waals surface area contributed by atoms with Crippen molar-refractivity contribution >= 4 is 80.7 Å². The Bertz CT molecular complexity index is 1880. The molecule has 2 heterocycles. The van der Waals surface area contributed by atoms with Gasteiger partial charge in [0.1, 0.15) is 13.2 Å². The molecule has 1 amide bonds. The summed E-state index contributed by atoms with van der Waals surface area (Å²) in [5, 5.41) is 2.67. The molecule has 5 aromatic rings. The zero-order valence-electron chi connectivity index (χ0n) is 25.6. The van der Waals surface area contributed by atoms with Crippen LogP contribution in [0.2, 0.25) is 0 Å². The fourth-order valence-corrected chi connectivity index (χ4v) is 10.7. The maximum atomic E-state index is 12.6. The number of fused-ring (bicyclic) bond motifs is 3. The summed E-state index contributed by atoms with van der Waals surface area (Å²) < 4.78 is 12.8. The number of carbonyl (C=O) groups is 2. The molecule has 11 heteroatoms. The lowest BCUT2D eigenvalue weighted by molar-refractivity contribution is -0.137. The number of amides is 1. The van der Waals surface area contributed by atoms with Crippen molar-refractivity contribution in [1.29, 1.82) is 0 Å². The quantitative estimate of drug-likeness (QED) is 0.0544. The number of thiazole rings is 1. The van der Waals surface area contributed by atoms with Gasteiger partial charge in [-0.05, 0) is 47.5 Å². The van der Waals surface area contributed by atoms with E-state index in [1.165, 1.54) is 35.6 Å². The number of alkyl carbamates (subject to hydrolysis) is 1. The maximum Gasteiger partial charge on any atom is 0.407 e. The highest BCUT2D eigenvalue weighted by Crippen LogP contribution is 2.52. The summed E-state index contributed by atoms with van der Waals surface area (Å²) in [7, 11) is 0. The van der Waals surface area contributed by atoms with Gasteiger partial charge in [0, 0.05) is 47.5 Å². The number of esters is 1. The molecule has 1 aliphatic heterocycles. The Hall–Kier alpha value is -3.35. The van der Waals surface area contributed by atoms with Gasteiger partial charge in [0.05, 0.1) is 16.8 Å². The molecule has 4 aromatic carbocycles. The summed E-state index contributed by atoms with van der Waals surface area (Å²) in [6, 6.07) is 31.8. The van der Waals surface area contributed by atoms with Gasteiger partial charge in [-0.3, -0.25) is 0 Å². The van der Waals surface area contributed by atoms with Gasteiger partial charge >= 0.3 is 12.1 Å². The molecule has 0 bridgehead atoms. The Labute approximate surface area is 295 Å². The SMILES string of the molecule is C=CC(=O)OCCNC(=O)OCC(C)(CSc1nc2ccccc2s1)CSc1ccccc1-c1cccc2c1Sc1ccccc1S2. The van der Waals surface area contributed by atoms with Crippen LogP contribution >= 0.6 is 58.4 Å². The third-order valence-corrected chi connectivity index (χ3v) is 13.9. The van der Waals surface area contributed by atoms with Gasteiger partial charge in [0.2, 0.25) is 0 Å². The predicted molar refractivity (Wildman–Crippen MR) is 196 cm³/mol. The van der Waals surface area contributed by atoms with Crippen LogP contribution in [0.3, 0.4) is 0 Å². The minimum absolute atomic E-state index is 0.0445. The van der Waals surface area contributed by atoms with E-state index in [-0.39, 0.29) is 25.2 Å². The number of nitrogens with zero attached hydrogens (tertiary/aromatic N) is 1. The summed E-state index contributed by atoms with van der Waals surface area (Å²) in [5.74, 6) is 0.886. The molecule has 0 aliphatic carbocycles. The minimum atomic E-state index is -0.549. The van der Waals surface area contributed by atoms with E-state index in [2.05, 4.69) is 91.6 Å². The van der Waals surface area contributed by atoms with Crippen molar-refractivity contribution in [2.75, 3.05) is 31.3 Å². The van der Waals surface area contributed by atoms with Gasteiger partial charge in [-0.25, -0.2) is 14.6 Å². The van der Waals surface area contributed by atoms with Gasteiger partial charge in [-0.15, -0.1) is 23.1 Å². The highest BCUT2D eigenvalue weighted by molar-refractivity contribution is 8.05. The molecule has 0 spiro atoms. The minimum Gasteiger partial charge on any atom is -0.461 e. The first kappa shape index (κ1) is 33.5. The molecule has 0 saturated heterocycles. The zero-order chi connectivity index (χ0) is 32.6. The summed E-state index contributed by atoms with van der Waals surface area (Å²) in [6.07, 6.45) is 0.540. The second kappa shape index (κ2) is 15.7. The highest BCUT2D eigenvalue weighted by Gasteiger charge is 2.29. The van der Waals surface area contributed by atoms with E-state index in [1.807, 2.05) is 41.7 Å². The molecule has 1 unspecified atom stereocenters. The first-order valence-corrected chi connectivity index (χ1v) is 19.3. The third-order valence-electron chi connectivity index (χ3n) is 7.17. The molecule has 47 heavy (non-hydrogen) atoms. The largest absolute Gasteiger partial charge is 0.461 e. The molecule has 0 radical (unpaired) electrons. The van der Waals surface area contributed by atoms with Crippen molar-refractivity contribution < 1.29 is 19.1 Å². The molecule has 1 aliphatic rings. The monoisotopic (exact) mass is 716 g/mol. The van der Waals surface area contributed by atoms with Gasteiger partial charge < -0.3 is 14.8 Å². The van der Waals surface area contributed by atoms with Gasteiger partial charge in [0.25, 0.3) is 0 Å². The number of nitrogens with one attached hydrogen (secondary N) is 1.